The molecule has 1 unspecified atom stereocenters. The monoisotopic (exact) mass is 301 g/mol. The number of carbonyl (C=O) groups excluding carboxylic acids is 1. The smallest absolute Gasteiger partial charge is 0.162 e. The molecule has 0 spiro atoms. The third-order valence-electron chi connectivity index (χ3n) is 3.43. The maximum Gasteiger partial charge on any atom is 0.162 e. The zero-order chi connectivity index (χ0) is 16.0. The molecule has 0 saturated carbocycles. The van der Waals surface area contributed by atoms with Gasteiger partial charge >= 0.3 is 0 Å². The van der Waals surface area contributed by atoms with E-state index in [4.69, 9.17) is 4.74 Å². The summed E-state index contributed by atoms with van der Waals surface area (Å²) in [5.41, 5.74) is -0.406. The molecular formula is C17H23N3O2. The second-order valence-electron chi connectivity index (χ2n) is 6.31. The molecule has 1 heterocycles. The Bertz CT molecular complexity index is 574. The maximum absolute atomic E-state index is 12.6. The van der Waals surface area contributed by atoms with Crippen molar-refractivity contribution in [3.05, 3.63) is 43.0 Å². The third kappa shape index (κ3) is 4.41. The first-order valence-electron chi connectivity index (χ1n) is 7.55. The first kappa shape index (κ1) is 16.2. The molecule has 118 valence electrons. The standard InChI is InChI=1S/C17H23N3O2/c1-17(2,3)16(21)15(20-13-18-12-19-20)10-7-11-22-14-8-5-4-6-9-14/h4-6,8-9,12-13,15H,7,10-11H2,1-3H3. The van der Waals surface area contributed by atoms with Crippen LogP contribution in [0.3, 0.4) is 0 Å². The van der Waals surface area contributed by atoms with Gasteiger partial charge in [0, 0.05) is 5.41 Å². The minimum atomic E-state index is -0.406. The fourth-order valence-corrected chi connectivity index (χ4v) is 2.25. The molecule has 0 aliphatic carbocycles. The van der Waals surface area contributed by atoms with Crippen LogP contribution >= 0.6 is 0 Å². The van der Waals surface area contributed by atoms with Gasteiger partial charge in [0.05, 0.1) is 6.61 Å². The zero-order valence-electron chi connectivity index (χ0n) is 13.4. The minimum absolute atomic E-state index is 0.165. The summed E-state index contributed by atoms with van der Waals surface area (Å²) >= 11 is 0. The van der Waals surface area contributed by atoms with Crippen molar-refractivity contribution in [2.24, 2.45) is 5.41 Å². The molecule has 0 saturated heterocycles. The Hall–Kier alpha value is -2.17. The van der Waals surface area contributed by atoms with E-state index in [2.05, 4.69) is 10.1 Å². The number of hydrogen-bond acceptors (Lipinski definition) is 4. The number of carbonyl (C=O) groups is 1. The van der Waals surface area contributed by atoms with E-state index in [1.807, 2.05) is 51.1 Å². The second-order valence-corrected chi connectivity index (χ2v) is 6.31. The fraction of sp³-hybridized carbons (Fsp3) is 0.471. The highest BCUT2D eigenvalue weighted by Crippen LogP contribution is 2.26. The van der Waals surface area contributed by atoms with E-state index >= 15 is 0 Å². The predicted molar refractivity (Wildman–Crippen MR) is 84.7 cm³/mol. The zero-order valence-corrected chi connectivity index (χ0v) is 13.4. The molecule has 1 aromatic heterocycles. The van der Waals surface area contributed by atoms with Crippen LogP contribution < -0.4 is 4.74 Å². The van der Waals surface area contributed by atoms with Gasteiger partial charge in [0.25, 0.3) is 0 Å². The van der Waals surface area contributed by atoms with E-state index in [0.29, 0.717) is 13.0 Å². The van der Waals surface area contributed by atoms with Gasteiger partial charge in [-0.15, -0.1) is 0 Å². The van der Waals surface area contributed by atoms with Gasteiger partial charge in [0.1, 0.15) is 24.4 Å². The van der Waals surface area contributed by atoms with Gasteiger partial charge in [0.2, 0.25) is 0 Å². The van der Waals surface area contributed by atoms with E-state index in [-0.39, 0.29) is 11.8 Å². The van der Waals surface area contributed by atoms with Crippen molar-refractivity contribution in [2.45, 2.75) is 39.7 Å². The number of ether oxygens (including phenoxy) is 1. The summed E-state index contributed by atoms with van der Waals surface area (Å²) in [5.74, 6) is 1.01. The van der Waals surface area contributed by atoms with E-state index < -0.39 is 5.41 Å². The van der Waals surface area contributed by atoms with Crippen LogP contribution in [-0.2, 0) is 4.79 Å². The first-order valence-corrected chi connectivity index (χ1v) is 7.55. The van der Waals surface area contributed by atoms with Gasteiger partial charge < -0.3 is 4.74 Å². The van der Waals surface area contributed by atoms with Crippen molar-refractivity contribution >= 4 is 5.78 Å². The van der Waals surface area contributed by atoms with Crippen LogP contribution in [0.25, 0.3) is 0 Å². The highest BCUT2D eigenvalue weighted by atomic mass is 16.5. The van der Waals surface area contributed by atoms with Gasteiger partial charge in [0.15, 0.2) is 5.78 Å². The molecule has 0 aliphatic rings. The lowest BCUT2D eigenvalue weighted by molar-refractivity contribution is -0.130. The molecule has 0 aliphatic heterocycles. The van der Waals surface area contributed by atoms with Crippen molar-refractivity contribution < 1.29 is 9.53 Å². The van der Waals surface area contributed by atoms with Crippen molar-refractivity contribution in [1.29, 1.82) is 0 Å². The summed E-state index contributed by atoms with van der Waals surface area (Å²) in [6.07, 6.45) is 4.53. The normalized spacial score (nSPS) is 12.9. The molecule has 0 amide bonds. The topological polar surface area (TPSA) is 57.0 Å². The first-order chi connectivity index (χ1) is 10.5. The predicted octanol–water partition coefficient (Wildman–Crippen LogP) is 3.29. The van der Waals surface area contributed by atoms with E-state index in [9.17, 15) is 4.79 Å². The molecule has 1 atom stereocenters. The van der Waals surface area contributed by atoms with E-state index in [1.165, 1.54) is 6.33 Å². The van der Waals surface area contributed by atoms with Gasteiger partial charge in [-0.1, -0.05) is 39.0 Å². The average Bonchev–Trinajstić information content (AvgIpc) is 3.01. The van der Waals surface area contributed by atoms with Crippen LogP contribution in [0.15, 0.2) is 43.0 Å². The number of ketones is 1. The number of para-hydroxylation sites is 1. The SMILES string of the molecule is CC(C)(C)C(=O)C(CCCOc1ccccc1)n1cncn1. The average molecular weight is 301 g/mol. The molecular weight excluding hydrogens is 278 g/mol. The second kappa shape index (κ2) is 7.20. The molecule has 0 fully saturated rings. The summed E-state index contributed by atoms with van der Waals surface area (Å²) in [4.78, 5) is 16.5. The number of benzene rings is 1. The molecule has 5 heteroatoms. The van der Waals surface area contributed by atoms with Crippen LogP contribution in [0.1, 0.15) is 39.7 Å². The van der Waals surface area contributed by atoms with Crippen molar-refractivity contribution in [1.82, 2.24) is 14.8 Å². The lowest BCUT2D eigenvalue weighted by Gasteiger charge is -2.24. The Balaban J connectivity index is 1.92. The maximum atomic E-state index is 12.6. The van der Waals surface area contributed by atoms with Gasteiger partial charge in [-0.05, 0) is 25.0 Å². The summed E-state index contributed by atoms with van der Waals surface area (Å²) in [6, 6.07) is 9.40. The van der Waals surface area contributed by atoms with Gasteiger partial charge in [-0.25, -0.2) is 9.67 Å². The Morgan fingerprint density at radius 3 is 2.59 bits per heavy atom. The van der Waals surface area contributed by atoms with Crippen LogP contribution in [0.4, 0.5) is 0 Å². The Labute approximate surface area is 131 Å². The number of rotatable bonds is 7. The molecule has 2 aromatic rings. The number of aromatic nitrogens is 3. The summed E-state index contributed by atoms with van der Waals surface area (Å²) in [7, 11) is 0. The lowest BCUT2D eigenvalue weighted by Crippen LogP contribution is -2.31. The Morgan fingerprint density at radius 2 is 2.00 bits per heavy atom. The van der Waals surface area contributed by atoms with E-state index in [0.717, 1.165) is 12.2 Å². The van der Waals surface area contributed by atoms with Crippen molar-refractivity contribution in [3.8, 4) is 5.75 Å². The van der Waals surface area contributed by atoms with Gasteiger partial charge in [-0.2, -0.15) is 5.10 Å². The van der Waals surface area contributed by atoms with Gasteiger partial charge in [-0.3, -0.25) is 4.79 Å². The van der Waals surface area contributed by atoms with Crippen LogP contribution in [0.2, 0.25) is 0 Å². The molecule has 5 nitrogen and oxygen atoms in total. The third-order valence-corrected chi connectivity index (χ3v) is 3.43. The number of nitrogens with zero attached hydrogens (tertiary/aromatic N) is 3. The van der Waals surface area contributed by atoms with Crippen molar-refractivity contribution in [2.75, 3.05) is 6.61 Å². The summed E-state index contributed by atoms with van der Waals surface area (Å²) < 4.78 is 7.33. The summed E-state index contributed by atoms with van der Waals surface area (Å²) in [5, 5.41) is 4.13. The molecule has 2 rings (SSSR count). The van der Waals surface area contributed by atoms with Crippen LogP contribution in [-0.4, -0.2) is 27.2 Å². The number of Topliss-reactive ketones (excluding diaryl/α,β-unsaturated/α-hetero) is 1. The highest BCUT2D eigenvalue weighted by Gasteiger charge is 2.31. The minimum Gasteiger partial charge on any atom is -0.494 e. The van der Waals surface area contributed by atoms with E-state index in [1.54, 1.807) is 11.0 Å². The van der Waals surface area contributed by atoms with Crippen LogP contribution in [0, 0.1) is 5.41 Å². The largest absolute Gasteiger partial charge is 0.494 e. The Kier molecular flexibility index (Phi) is 5.31. The quantitative estimate of drug-likeness (QED) is 0.736. The highest BCUT2D eigenvalue weighted by molar-refractivity contribution is 5.87. The fourth-order valence-electron chi connectivity index (χ4n) is 2.25. The van der Waals surface area contributed by atoms with Crippen LogP contribution in [0.5, 0.6) is 5.75 Å². The molecule has 0 bridgehead atoms. The molecule has 22 heavy (non-hydrogen) atoms. The Morgan fingerprint density at radius 1 is 1.27 bits per heavy atom. The summed E-state index contributed by atoms with van der Waals surface area (Å²) in [6.45, 7) is 6.37. The number of hydrogen-bond donors (Lipinski definition) is 0. The molecule has 0 radical (unpaired) electrons. The lowest BCUT2D eigenvalue weighted by atomic mass is 9.85. The molecule has 0 N–H and O–H groups in total. The molecule has 1 aromatic carbocycles. The van der Waals surface area contributed by atoms with Crippen molar-refractivity contribution in [3.63, 3.8) is 0 Å².